The van der Waals surface area contributed by atoms with Gasteiger partial charge in [-0.15, -0.1) is 0 Å². The Labute approximate surface area is 177 Å². The zero-order chi connectivity index (χ0) is 20.9. The van der Waals surface area contributed by atoms with Gasteiger partial charge in [-0.25, -0.2) is 9.97 Å². The highest BCUT2D eigenvalue weighted by Gasteiger charge is 2.14. The molecule has 30 heavy (non-hydrogen) atoms. The van der Waals surface area contributed by atoms with E-state index in [2.05, 4.69) is 36.1 Å². The largest absolute Gasteiger partial charge is 0.351 e. The number of nitrogens with two attached hydrogens (primary N) is 1. The molecule has 0 aliphatic rings. The molecule has 9 nitrogen and oxygen atoms in total. The maximum atomic E-state index is 11.4. The molecule has 2 heterocycles. The van der Waals surface area contributed by atoms with Crippen LogP contribution in [0.2, 0.25) is 5.02 Å². The molecule has 0 spiro atoms. The third kappa shape index (κ3) is 4.48. The number of hydrogen-bond acceptors (Lipinski definition) is 7. The Balaban J connectivity index is 1.60. The number of rotatable bonds is 7. The second kappa shape index (κ2) is 8.76. The zero-order valence-corrected chi connectivity index (χ0v) is 16.6. The molecule has 0 saturated heterocycles. The maximum Gasteiger partial charge on any atom is 0.234 e. The summed E-state index contributed by atoms with van der Waals surface area (Å²) in [5, 5.41) is 17.9. The molecule has 0 radical (unpaired) electrons. The van der Waals surface area contributed by atoms with E-state index in [1.807, 2.05) is 42.5 Å². The van der Waals surface area contributed by atoms with Gasteiger partial charge in [-0.05, 0) is 35.9 Å². The van der Waals surface area contributed by atoms with Gasteiger partial charge in [0, 0.05) is 22.9 Å². The number of H-pyrrole nitrogens is 1. The van der Waals surface area contributed by atoms with E-state index in [4.69, 9.17) is 17.3 Å². The number of benzene rings is 2. The Hall–Kier alpha value is -3.69. The number of aromatic nitrogens is 4. The lowest BCUT2D eigenvalue weighted by Crippen LogP contribution is -2.29. The van der Waals surface area contributed by atoms with Crippen molar-refractivity contribution in [3.05, 3.63) is 65.4 Å². The molecule has 0 aliphatic heterocycles. The van der Waals surface area contributed by atoms with Crippen molar-refractivity contribution < 1.29 is 4.79 Å². The predicted octanol–water partition coefficient (Wildman–Crippen LogP) is 3.07. The van der Waals surface area contributed by atoms with Crippen LogP contribution in [0.4, 0.5) is 23.0 Å². The number of halogens is 1. The van der Waals surface area contributed by atoms with Crippen molar-refractivity contribution in [1.29, 1.82) is 0 Å². The van der Waals surface area contributed by atoms with E-state index in [1.165, 1.54) is 6.33 Å². The molecule has 2 aromatic heterocycles. The molecular formula is C20H19ClN8O. The van der Waals surface area contributed by atoms with Crippen LogP contribution in [-0.2, 0) is 11.3 Å². The first-order valence-electron chi connectivity index (χ1n) is 9.17. The van der Waals surface area contributed by atoms with Crippen molar-refractivity contribution in [2.24, 2.45) is 5.73 Å². The molecule has 0 atom stereocenters. The second-order valence-electron chi connectivity index (χ2n) is 6.46. The van der Waals surface area contributed by atoms with Crippen molar-refractivity contribution in [2.75, 3.05) is 17.2 Å². The normalized spacial score (nSPS) is 10.7. The molecule has 1 amide bonds. The summed E-state index contributed by atoms with van der Waals surface area (Å²) in [4.78, 5) is 20.0. The Bertz CT molecular complexity index is 1190. The number of aromatic amines is 1. The summed E-state index contributed by atoms with van der Waals surface area (Å²) in [7, 11) is 0. The Morgan fingerprint density at radius 3 is 2.60 bits per heavy atom. The summed E-state index contributed by atoms with van der Waals surface area (Å²) in [6.45, 7) is 0.344. The maximum absolute atomic E-state index is 11.4. The summed E-state index contributed by atoms with van der Waals surface area (Å²) in [5.74, 6) is 0.948. The van der Waals surface area contributed by atoms with E-state index in [0.29, 0.717) is 34.2 Å². The van der Waals surface area contributed by atoms with Crippen molar-refractivity contribution in [3.8, 4) is 0 Å². The minimum atomic E-state index is -0.208. The first-order valence-corrected chi connectivity index (χ1v) is 9.54. The van der Waals surface area contributed by atoms with Crippen LogP contribution in [0.25, 0.3) is 11.0 Å². The number of anilines is 4. The van der Waals surface area contributed by atoms with Crippen LogP contribution in [0, 0.1) is 0 Å². The van der Waals surface area contributed by atoms with Gasteiger partial charge in [-0.1, -0.05) is 29.8 Å². The first kappa shape index (κ1) is 19.6. The summed E-state index contributed by atoms with van der Waals surface area (Å²) < 4.78 is 0. The molecule has 0 saturated carbocycles. The van der Waals surface area contributed by atoms with Gasteiger partial charge in [-0.3, -0.25) is 9.89 Å². The van der Waals surface area contributed by atoms with Crippen LogP contribution < -0.4 is 21.7 Å². The number of nitrogens with one attached hydrogen (secondary N) is 4. The summed E-state index contributed by atoms with van der Waals surface area (Å²) in [6.07, 6.45) is 1.46. The molecule has 0 aliphatic carbocycles. The highest BCUT2D eigenvalue weighted by Crippen LogP contribution is 2.30. The van der Waals surface area contributed by atoms with E-state index >= 15 is 0 Å². The third-order valence-corrected chi connectivity index (χ3v) is 4.54. The van der Waals surface area contributed by atoms with Gasteiger partial charge in [0.15, 0.2) is 11.5 Å². The fourth-order valence-corrected chi connectivity index (χ4v) is 3.11. The Kier molecular flexibility index (Phi) is 5.73. The van der Waals surface area contributed by atoms with E-state index in [1.54, 1.807) is 6.07 Å². The van der Waals surface area contributed by atoms with Crippen LogP contribution in [0.5, 0.6) is 0 Å². The molecule has 2 aromatic carbocycles. The number of fused-ring (bicyclic) bond motifs is 1. The molecule has 0 bridgehead atoms. The lowest BCUT2D eigenvalue weighted by Gasteiger charge is -2.10. The highest BCUT2D eigenvalue weighted by molar-refractivity contribution is 6.30. The van der Waals surface area contributed by atoms with Gasteiger partial charge in [0.05, 0.1) is 6.54 Å². The SMILES string of the molecule is NCC(=O)NCc1cccc(Nc2n[nH]c3ncnc(Nc4cccc(Cl)c4)c23)c1. The van der Waals surface area contributed by atoms with Crippen LogP contribution in [0.15, 0.2) is 54.9 Å². The number of amides is 1. The monoisotopic (exact) mass is 422 g/mol. The molecule has 10 heteroatoms. The second-order valence-corrected chi connectivity index (χ2v) is 6.90. The van der Waals surface area contributed by atoms with Gasteiger partial charge < -0.3 is 21.7 Å². The van der Waals surface area contributed by atoms with Gasteiger partial charge in [0.25, 0.3) is 0 Å². The number of carbonyl (C=O) groups excluding carboxylic acids is 1. The van der Waals surface area contributed by atoms with Gasteiger partial charge >= 0.3 is 0 Å². The topological polar surface area (TPSA) is 134 Å². The first-order chi connectivity index (χ1) is 14.6. The van der Waals surface area contributed by atoms with Crippen molar-refractivity contribution in [3.63, 3.8) is 0 Å². The molecule has 0 fully saturated rings. The molecular weight excluding hydrogens is 404 g/mol. The van der Waals surface area contributed by atoms with Gasteiger partial charge in [-0.2, -0.15) is 5.10 Å². The third-order valence-electron chi connectivity index (χ3n) is 4.31. The van der Waals surface area contributed by atoms with Crippen LogP contribution in [0.3, 0.4) is 0 Å². The number of hydrogen-bond donors (Lipinski definition) is 5. The van der Waals surface area contributed by atoms with Gasteiger partial charge in [0.2, 0.25) is 5.91 Å². The van der Waals surface area contributed by atoms with Gasteiger partial charge in [0.1, 0.15) is 17.5 Å². The molecule has 152 valence electrons. The zero-order valence-electron chi connectivity index (χ0n) is 15.8. The average Bonchev–Trinajstić information content (AvgIpc) is 3.16. The predicted molar refractivity (Wildman–Crippen MR) is 117 cm³/mol. The molecule has 4 aromatic rings. The minimum Gasteiger partial charge on any atom is -0.351 e. The lowest BCUT2D eigenvalue weighted by atomic mass is 10.2. The highest BCUT2D eigenvalue weighted by atomic mass is 35.5. The average molecular weight is 423 g/mol. The Morgan fingerprint density at radius 1 is 1.03 bits per heavy atom. The van der Waals surface area contributed by atoms with E-state index in [0.717, 1.165) is 16.9 Å². The van der Waals surface area contributed by atoms with Crippen LogP contribution >= 0.6 is 11.6 Å². The fraction of sp³-hybridized carbons (Fsp3) is 0.100. The fourth-order valence-electron chi connectivity index (χ4n) is 2.92. The van der Waals surface area contributed by atoms with Crippen LogP contribution in [-0.4, -0.2) is 32.6 Å². The standard InChI is InChI=1S/C20H19ClN8O/c21-13-4-2-6-15(8-13)26-18-17-19(25-11-24-18)28-29-20(17)27-14-5-1-3-12(7-14)10-23-16(30)9-22/h1-8,11H,9-10,22H2,(H,23,30)(H3,24,25,26,27,28,29). The smallest absolute Gasteiger partial charge is 0.234 e. The summed E-state index contributed by atoms with van der Waals surface area (Å²) in [6, 6.07) is 15.0. The lowest BCUT2D eigenvalue weighted by molar-refractivity contribution is -0.119. The summed E-state index contributed by atoms with van der Waals surface area (Å²) in [5.41, 5.74) is 8.44. The molecule has 6 N–H and O–H groups in total. The van der Waals surface area contributed by atoms with Crippen molar-refractivity contribution >= 4 is 51.6 Å². The van der Waals surface area contributed by atoms with E-state index in [-0.39, 0.29) is 12.5 Å². The summed E-state index contributed by atoms with van der Waals surface area (Å²) >= 11 is 6.08. The Morgan fingerprint density at radius 2 is 1.80 bits per heavy atom. The van der Waals surface area contributed by atoms with Crippen molar-refractivity contribution in [1.82, 2.24) is 25.5 Å². The van der Waals surface area contributed by atoms with E-state index in [9.17, 15) is 4.79 Å². The number of nitrogens with zero attached hydrogens (tertiary/aromatic N) is 3. The number of carbonyl (C=O) groups is 1. The molecule has 4 rings (SSSR count). The van der Waals surface area contributed by atoms with Crippen molar-refractivity contribution in [2.45, 2.75) is 6.54 Å². The quantitative estimate of drug-likeness (QED) is 0.309. The van der Waals surface area contributed by atoms with E-state index < -0.39 is 0 Å². The minimum absolute atomic E-state index is 0.0421. The molecule has 0 unspecified atom stereocenters. The van der Waals surface area contributed by atoms with Crippen LogP contribution in [0.1, 0.15) is 5.56 Å².